The zero-order valence-electron chi connectivity index (χ0n) is 15.5. The van der Waals surface area contributed by atoms with Crippen molar-refractivity contribution < 1.29 is 4.52 Å². The third kappa shape index (κ3) is 4.73. The molecule has 0 bridgehead atoms. The lowest BCUT2D eigenvalue weighted by atomic mass is 9.93. The van der Waals surface area contributed by atoms with Gasteiger partial charge in [-0.15, -0.1) is 0 Å². The number of rotatable bonds is 5. The Balaban J connectivity index is 1.41. The highest BCUT2D eigenvalue weighted by molar-refractivity contribution is 5.74. The zero-order chi connectivity index (χ0) is 17.8. The summed E-state index contributed by atoms with van der Waals surface area (Å²) in [5.41, 5.74) is 6.62. The van der Waals surface area contributed by atoms with Crippen LogP contribution in [0.1, 0.15) is 50.1 Å². The fourth-order valence-corrected chi connectivity index (χ4v) is 4.07. The van der Waals surface area contributed by atoms with Crippen molar-refractivity contribution in [1.29, 1.82) is 5.41 Å². The number of hydrogen-bond donors (Lipinski definition) is 3. The van der Waals surface area contributed by atoms with Crippen molar-refractivity contribution in [3.8, 4) is 0 Å². The molecular formula is C18H32N6O. The average Bonchev–Trinajstić information content (AvgIpc) is 3.04. The lowest BCUT2D eigenvalue weighted by Crippen LogP contribution is -2.47. The minimum Gasteiger partial charge on any atom is -0.370 e. The van der Waals surface area contributed by atoms with Crippen LogP contribution in [-0.4, -0.2) is 60.2 Å². The van der Waals surface area contributed by atoms with Crippen molar-refractivity contribution >= 4 is 5.96 Å². The van der Waals surface area contributed by atoms with Gasteiger partial charge >= 0.3 is 0 Å². The Morgan fingerprint density at radius 2 is 2.12 bits per heavy atom. The average molecular weight is 348 g/mol. The van der Waals surface area contributed by atoms with Gasteiger partial charge < -0.3 is 20.5 Å². The van der Waals surface area contributed by atoms with Gasteiger partial charge in [-0.05, 0) is 38.6 Å². The second-order valence-corrected chi connectivity index (χ2v) is 7.71. The Hall–Kier alpha value is -1.60. The summed E-state index contributed by atoms with van der Waals surface area (Å²) >= 11 is 0. The number of piperidine rings is 2. The Kier molecular flexibility index (Phi) is 5.96. The summed E-state index contributed by atoms with van der Waals surface area (Å²) in [4.78, 5) is 4.33. The predicted molar refractivity (Wildman–Crippen MR) is 98.5 cm³/mol. The number of likely N-dealkylation sites (tertiary alicyclic amines) is 2. The molecule has 0 spiro atoms. The van der Waals surface area contributed by atoms with Crippen LogP contribution in [0.4, 0.5) is 0 Å². The molecule has 140 valence electrons. The molecule has 0 aliphatic carbocycles. The van der Waals surface area contributed by atoms with E-state index in [1.807, 2.05) is 4.90 Å². The van der Waals surface area contributed by atoms with Crippen molar-refractivity contribution in [3.63, 3.8) is 0 Å². The van der Waals surface area contributed by atoms with E-state index in [1.165, 1.54) is 6.42 Å². The molecule has 2 fully saturated rings. The third-order valence-corrected chi connectivity index (χ3v) is 5.62. The summed E-state index contributed by atoms with van der Waals surface area (Å²) < 4.78 is 5.56. The Morgan fingerprint density at radius 3 is 2.80 bits per heavy atom. The van der Waals surface area contributed by atoms with Gasteiger partial charge in [-0.25, -0.2) is 0 Å². The van der Waals surface area contributed by atoms with E-state index in [-0.39, 0.29) is 5.96 Å². The monoisotopic (exact) mass is 348 g/mol. The second-order valence-electron chi connectivity index (χ2n) is 7.71. The van der Waals surface area contributed by atoms with E-state index in [9.17, 15) is 0 Å². The summed E-state index contributed by atoms with van der Waals surface area (Å²) in [5, 5.41) is 15.4. The summed E-state index contributed by atoms with van der Waals surface area (Å²) in [7, 11) is 2.18. The van der Waals surface area contributed by atoms with Gasteiger partial charge in [0.2, 0.25) is 0 Å². The molecular weight excluding hydrogens is 316 g/mol. The topological polar surface area (TPSA) is 94.4 Å². The van der Waals surface area contributed by atoms with Crippen molar-refractivity contribution in [2.75, 3.05) is 33.2 Å². The molecule has 2 aliphatic heterocycles. The highest BCUT2D eigenvalue weighted by atomic mass is 16.5. The molecule has 4 N–H and O–H groups in total. The summed E-state index contributed by atoms with van der Waals surface area (Å²) in [6.45, 7) is 6.08. The molecule has 2 aliphatic rings. The smallest absolute Gasteiger partial charge is 0.188 e. The van der Waals surface area contributed by atoms with Gasteiger partial charge in [0.15, 0.2) is 5.96 Å². The van der Waals surface area contributed by atoms with Gasteiger partial charge in [-0.2, -0.15) is 0 Å². The molecule has 2 saturated heterocycles. The van der Waals surface area contributed by atoms with Crippen LogP contribution in [0.2, 0.25) is 0 Å². The molecule has 0 radical (unpaired) electrons. The largest absolute Gasteiger partial charge is 0.370 e. The van der Waals surface area contributed by atoms with Gasteiger partial charge in [0.25, 0.3) is 0 Å². The fraction of sp³-hybridized carbons (Fsp3) is 0.778. The maximum absolute atomic E-state index is 7.48. The number of guanidine groups is 1. The van der Waals surface area contributed by atoms with Crippen LogP contribution in [0.15, 0.2) is 10.6 Å². The van der Waals surface area contributed by atoms with Crippen LogP contribution in [0, 0.1) is 11.3 Å². The second kappa shape index (κ2) is 8.19. The number of nitrogens with one attached hydrogen (secondary N) is 2. The van der Waals surface area contributed by atoms with Gasteiger partial charge in [-0.1, -0.05) is 12.1 Å². The molecule has 1 aromatic heterocycles. The maximum atomic E-state index is 7.48. The van der Waals surface area contributed by atoms with E-state index in [0.717, 1.165) is 69.2 Å². The van der Waals surface area contributed by atoms with E-state index in [4.69, 9.17) is 15.7 Å². The molecule has 7 nitrogen and oxygen atoms in total. The highest BCUT2D eigenvalue weighted by Gasteiger charge is 2.27. The lowest BCUT2D eigenvalue weighted by molar-refractivity contribution is 0.140. The Labute approximate surface area is 150 Å². The third-order valence-electron chi connectivity index (χ3n) is 5.62. The van der Waals surface area contributed by atoms with E-state index in [0.29, 0.717) is 12.1 Å². The van der Waals surface area contributed by atoms with Crippen molar-refractivity contribution in [2.45, 2.75) is 51.1 Å². The molecule has 3 heterocycles. The zero-order valence-corrected chi connectivity index (χ0v) is 15.5. The molecule has 0 saturated carbocycles. The van der Waals surface area contributed by atoms with Crippen LogP contribution in [0.5, 0.6) is 0 Å². The normalized spacial score (nSPS) is 26.1. The first kappa shape index (κ1) is 18.2. The van der Waals surface area contributed by atoms with Gasteiger partial charge in [0.1, 0.15) is 11.5 Å². The standard InChI is InChI=1S/C18H32N6O/c1-13-3-4-17(23(2)12-13)16-11-15(25-22-16)5-8-21-14-6-9-24(10-7-14)18(19)20/h11,13-14,17,21H,3-10,12H2,1-2H3,(H3,19,20). The number of nitrogens with zero attached hydrogens (tertiary/aromatic N) is 3. The summed E-state index contributed by atoms with van der Waals surface area (Å²) in [6, 6.07) is 3.04. The molecule has 2 atom stereocenters. The van der Waals surface area contributed by atoms with E-state index >= 15 is 0 Å². The molecule has 25 heavy (non-hydrogen) atoms. The minimum absolute atomic E-state index is 0.190. The molecule has 1 aromatic rings. The summed E-state index contributed by atoms with van der Waals surface area (Å²) in [5.74, 6) is 1.93. The first-order valence-electron chi connectivity index (χ1n) is 9.51. The number of nitrogens with two attached hydrogens (primary N) is 1. The van der Waals surface area contributed by atoms with E-state index in [1.54, 1.807) is 0 Å². The van der Waals surface area contributed by atoms with Crippen LogP contribution in [0.25, 0.3) is 0 Å². The first-order valence-corrected chi connectivity index (χ1v) is 9.51. The van der Waals surface area contributed by atoms with Crippen LogP contribution >= 0.6 is 0 Å². The molecule has 7 heteroatoms. The SMILES string of the molecule is CC1CCC(c2cc(CCNC3CCN(C(=N)N)CC3)on2)N(C)C1. The Morgan fingerprint density at radius 1 is 1.36 bits per heavy atom. The van der Waals surface area contributed by atoms with E-state index < -0.39 is 0 Å². The number of aromatic nitrogens is 1. The van der Waals surface area contributed by atoms with E-state index in [2.05, 4.69) is 35.4 Å². The minimum atomic E-state index is 0.190. The quantitative estimate of drug-likeness (QED) is 0.552. The maximum Gasteiger partial charge on any atom is 0.188 e. The summed E-state index contributed by atoms with van der Waals surface area (Å²) in [6.07, 6.45) is 5.36. The lowest BCUT2D eigenvalue weighted by Gasteiger charge is -2.34. The molecule has 0 aromatic carbocycles. The van der Waals surface area contributed by atoms with Gasteiger partial charge in [0.05, 0.1) is 6.04 Å². The molecule has 3 rings (SSSR count). The molecule has 2 unspecified atom stereocenters. The molecule has 0 amide bonds. The van der Waals surface area contributed by atoms with Crippen LogP contribution < -0.4 is 11.1 Å². The number of hydrogen-bond acceptors (Lipinski definition) is 5. The first-order chi connectivity index (χ1) is 12.0. The predicted octanol–water partition coefficient (Wildman–Crippen LogP) is 1.57. The van der Waals surface area contributed by atoms with Gasteiger partial charge in [0, 0.05) is 44.7 Å². The van der Waals surface area contributed by atoms with Gasteiger partial charge in [-0.3, -0.25) is 10.3 Å². The highest BCUT2D eigenvalue weighted by Crippen LogP contribution is 2.31. The van der Waals surface area contributed by atoms with Crippen molar-refractivity contribution in [3.05, 3.63) is 17.5 Å². The Bertz CT molecular complexity index is 566. The van der Waals surface area contributed by atoms with Crippen LogP contribution in [-0.2, 0) is 6.42 Å². The van der Waals surface area contributed by atoms with Crippen molar-refractivity contribution in [2.24, 2.45) is 11.7 Å². The fourth-order valence-electron chi connectivity index (χ4n) is 4.07. The van der Waals surface area contributed by atoms with Crippen molar-refractivity contribution in [1.82, 2.24) is 20.3 Å². The van der Waals surface area contributed by atoms with Crippen LogP contribution in [0.3, 0.4) is 0 Å².